The van der Waals surface area contributed by atoms with Crippen LogP contribution in [0.4, 0.5) is 5.69 Å². The van der Waals surface area contributed by atoms with E-state index in [9.17, 15) is 0 Å². The normalized spacial score (nSPS) is 10.4. The fourth-order valence-electron chi connectivity index (χ4n) is 1.33. The molecule has 2 heterocycles. The molecule has 2 aromatic heterocycles. The van der Waals surface area contributed by atoms with Crippen molar-refractivity contribution in [2.24, 2.45) is 7.05 Å². The Morgan fingerprint density at radius 3 is 2.36 bits per heavy atom. The Kier molecular flexibility index (Phi) is 1.92. The number of rotatable bonds is 1. The van der Waals surface area contributed by atoms with E-state index in [4.69, 9.17) is 5.73 Å². The van der Waals surface area contributed by atoms with E-state index in [0.29, 0.717) is 11.5 Å². The molecule has 0 fully saturated rings. The van der Waals surface area contributed by atoms with Crippen molar-refractivity contribution in [1.29, 1.82) is 0 Å². The van der Waals surface area contributed by atoms with Crippen molar-refractivity contribution in [3.05, 3.63) is 24.2 Å². The number of aromatic nitrogens is 4. The molecular weight excluding hydrogens is 178 g/mol. The number of hydrogen-bond donors (Lipinski definition) is 1. The van der Waals surface area contributed by atoms with E-state index in [1.54, 1.807) is 23.3 Å². The fourth-order valence-corrected chi connectivity index (χ4v) is 1.33. The molecule has 0 radical (unpaired) electrons. The van der Waals surface area contributed by atoms with Crippen LogP contribution in [0.25, 0.3) is 11.5 Å². The zero-order chi connectivity index (χ0) is 10.1. The van der Waals surface area contributed by atoms with E-state index in [0.717, 1.165) is 11.3 Å². The van der Waals surface area contributed by atoms with Gasteiger partial charge in [-0.15, -0.1) is 0 Å². The minimum atomic E-state index is 0.563. The third kappa shape index (κ3) is 1.32. The van der Waals surface area contributed by atoms with E-state index >= 15 is 0 Å². The van der Waals surface area contributed by atoms with Gasteiger partial charge in [-0.2, -0.15) is 5.10 Å². The molecule has 0 bridgehead atoms. The summed E-state index contributed by atoms with van der Waals surface area (Å²) in [6.07, 6.45) is 4.97. The molecule has 0 saturated carbocycles. The molecule has 5 heteroatoms. The lowest BCUT2D eigenvalue weighted by Crippen LogP contribution is -1.99. The number of aryl methyl sites for hydroxylation is 2. The molecule has 0 saturated heterocycles. The Morgan fingerprint density at radius 2 is 1.86 bits per heavy atom. The average molecular weight is 189 g/mol. The van der Waals surface area contributed by atoms with Gasteiger partial charge in [-0.3, -0.25) is 4.68 Å². The van der Waals surface area contributed by atoms with Crippen molar-refractivity contribution in [2.75, 3.05) is 5.73 Å². The Morgan fingerprint density at radius 1 is 1.21 bits per heavy atom. The first-order valence-electron chi connectivity index (χ1n) is 4.25. The standard InChI is InChI=1S/C9H11N5/c1-6-3-13-14(2)8(6)9-11-4-7(10)5-12-9/h3-5H,10H2,1-2H3. The van der Waals surface area contributed by atoms with Gasteiger partial charge in [-0.1, -0.05) is 0 Å². The van der Waals surface area contributed by atoms with Gasteiger partial charge in [-0.05, 0) is 12.5 Å². The number of nitrogens with two attached hydrogens (primary N) is 1. The van der Waals surface area contributed by atoms with Crippen molar-refractivity contribution in [1.82, 2.24) is 19.7 Å². The van der Waals surface area contributed by atoms with Gasteiger partial charge in [-0.25, -0.2) is 9.97 Å². The third-order valence-electron chi connectivity index (χ3n) is 2.01. The maximum atomic E-state index is 5.51. The van der Waals surface area contributed by atoms with Crippen LogP contribution in [0.15, 0.2) is 18.6 Å². The van der Waals surface area contributed by atoms with Gasteiger partial charge in [0.15, 0.2) is 5.82 Å². The molecule has 0 spiro atoms. The average Bonchev–Trinajstić information content (AvgIpc) is 2.49. The van der Waals surface area contributed by atoms with Crippen LogP contribution in [-0.2, 0) is 7.05 Å². The number of nitrogen functional groups attached to an aromatic ring is 1. The van der Waals surface area contributed by atoms with E-state index in [2.05, 4.69) is 15.1 Å². The van der Waals surface area contributed by atoms with Crippen molar-refractivity contribution in [2.45, 2.75) is 6.92 Å². The predicted molar refractivity (Wildman–Crippen MR) is 53.4 cm³/mol. The number of hydrogen-bond acceptors (Lipinski definition) is 4. The van der Waals surface area contributed by atoms with Gasteiger partial charge in [0.2, 0.25) is 0 Å². The first-order chi connectivity index (χ1) is 6.68. The van der Waals surface area contributed by atoms with E-state index < -0.39 is 0 Å². The van der Waals surface area contributed by atoms with Crippen LogP contribution in [0.1, 0.15) is 5.56 Å². The van der Waals surface area contributed by atoms with Crippen molar-refractivity contribution < 1.29 is 0 Å². The third-order valence-corrected chi connectivity index (χ3v) is 2.01. The Labute approximate surface area is 81.6 Å². The second-order valence-electron chi connectivity index (χ2n) is 3.14. The minimum Gasteiger partial charge on any atom is -0.396 e. The summed E-state index contributed by atoms with van der Waals surface area (Å²) in [5.41, 5.74) is 8.05. The molecule has 5 nitrogen and oxygen atoms in total. The summed E-state index contributed by atoms with van der Waals surface area (Å²) in [4.78, 5) is 8.29. The Bertz CT molecular complexity index is 423. The highest BCUT2D eigenvalue weighted by molar-refractivity contribution is 5.55. The Hall–Kier alpha value is -1.91. The van der Waals surface area contributed by atoms with Gasteiger partial charge in [0.1, 0.15) is 5.69 Å². The highest BCUT2D eigenvalue weighted by Crippen LogP contribution is 2.17. The minimum absolute atomic E-state index is 0.563. The molecule has 0 atom stereocenters. The second kappa shape index (κ2) is 3.10. The van der Waals surface area contributed by atoms with Crippen molar-refractivity contribution >= 4 is 5.69 Å². The maximum absolute atomic E-state index is 5.51. The van der Waals surface area contributed by atoms with Gasteiger partial charge in [0.25, 0.3) is 0 Å². The molecule has 0 aromatic carbocycles. The maximum Gasteiger partial charge on any atom is 0.178 e. The fraction of sp³-hybridized carbons (Fsp3) is 0.222. The van der Waals surface area contributed by atoms with Crippen LogP contribution in [-0.4, -0.2) is 19.7 Å². The number of anilines is 1. The van der Waals surface area contributed by atoms with Crippen LogP contribution in [0.5, 0.6) is 0 Å². The zero-order valence-corrected chi connectivity index (χ0v) is 8.10. The second-order valence-corrected chi connectivity index (χ2v) is 3.14. The molecule has 0 unspecified atom stereocenters. The molecule has 2 N–H and O–H groups in total. The summed E-state index contributed by atoms with van der Waals surface area (Å²) in [5.74, 6) is 0.650. The lowest BCUT2D eigenvalue weighted by atomic mass is 10.2. The Balaban J connectivity index is 2.54. The first-order valence-corrected chi connectivity index (χ1v) is 4.25. The smallest absolute Gasteiger partial charge is 0.178 e. The van der Waals surface area contributed by atoms with Gasteiger partial charge >= 0.3 is 0 Å². The lowest BCUT2D eigenvalue weighted by Gasteiger charge is -2.01. The van der Waals surface area contributed by atoms with E-state index in [1.807, 2.05) is 14.0 Å². The topological polar surface area (TPSA) is 69.6 Å². The van der Waals surface area contributed by atoms with Crippen LogP contribution >= 0.6 is 0 Å². The molecule has 0 aliphatic carbocycles. The molecule has 14 heavy (non-hydrogen) atoms. The van der Waals surface area contributed by atoms with Crippen LogP contribution < -0.4 is 5.73 Å². The molecule has 0 amide bonds. The first kappa shape index (κ1) is 8.68. The summed E-state index contributed by atoms with van der Waals surface area (Å²) in [5, 5.41) is 4.12. The van der Waals surface area contributed by atoms with Gasteiger partial charge in [0, 0.05) is 7.05 Å². The summed E-state index contributed by atoms with van der Waals surface area (Å²) in [6.45, 7) is 1.97. The predicted octanol–water partition coefficient (Wildman–Crippen LogP) is 0.768. The highest BCUT2D eigenvalue weighted by Gasteiger charge is 2.09. The molecule has 0 aliphatic rings. The molecular formula is C9H11N5. The van der Waals surface area contributed by atoms with E-state index in [1.165, 1.54) is 0 Å². The zero-order valence-electron chi connectivity index (χ0n) is 8.10. The monoisotopic (exact) mass is 189 g/mol. The van der Waals surface area contributed by atoms with Crippen molar-refractivity contribution in [3.63, 3.8) is 0 Å². The largest absolute Gasteiger partial charge is 0.396 e. The summed E-state index contributed by atoms with van der Waals surface area (Å²) < 4.78 is 1.75. The summed E-state index contributed by atoms with van der Waals surface area (Å²) in [6, 6.07) is 0. The van der Waals surface area contributed by atoms with E-state index in [-0.39, 0.29) is 0 Å². The molecule has 72 valence electrons. The summed E-state index contributed by atoms with van der Waals surface area (Å²) >= 11 is 0. The van der Waals surface area contributed by atoms with Crippen LogP contribution in [0.2, 0.25) is 0 Å². The summed E-state index contributed by atoms with van der Waals surface area (Å²) in [7, 11) is 1.86. The highest BCUT2D eigenvalue weighted by atomic mass is 15.3. The van der Waals surface area contributed by atoms with Crippen molar-refractivity contribution in [3.8, 4) is 11.5 Å². The molecule has 2 rings (SSSR count). The number of nitrogens with zero attached hydrogens (tertiary/aromatic N) is 4. The van der Waals surface area contributed by atoms with Crippen LogP contribution in [0, 0.1) is 6.92 Å². The molecule has 2 aromatic rings. The van der Waals surface area contributed by atoms with Gasteiger partial charge < -0.3 is 5.73 Å². The van der Waals surface area contributed by atoms with Crippen LogP contribution in [0.3, 0.4) is 0 Å². The molecule has 0 aliphatic heterocycles. The quantitative estimate of drug-likeness (QED) is 0.719. The lowest BCUT2D eigenvalue weighted by molar-refractivity contribution is 0.769. The SMILES string of the molecule is Cc1cnn(C)c1-c1ncc(N)cn1. The van der Waals surface area contributed by atoms with Gasteiger partial charge in [0.05, 0.1) is 24.3 Å².